The standard InChI is InChI=1S/C14H18N2O5S/c15-22(19,20)10-4-9-21-8-3-7-16-13(17)11-5-1-2-6-12(11)14(16)18/h1-2,5-6H,3-4,7-10H2,(H2,15,19,20). The van der Waals surface area contributed by atoms with E-state index in [-0.39, 0.29) is 30.7 Å². The SMILES string of the molecule is NS(=O)(=O)CCCOCCCN1C(=O)c2ccccc2C1=O. The third-order valence-corrected chi connectivity index (χ3v) is 4.12. The Bertz CT molecular complexity index is 637. The molecule has 1 heterocycles. The topological polar surface area (TPSA) is 107 Å². The van der Waals surface area contributed by atoms with Gasteiger partial charge in [-0.2, -0.15) is 0 Å². The average Bonchev–Trinajstić information content (AvgIpc) is 2.70. The van der Waals surface area contributed by atoms with Crippen molar-refractivity contribution in [2.24, 2.45) is 5.14 Å². The van der Waals surface area contributed by atoms with E-state index in [1.165, 1.54) is 4.90 Å². The van der Waals surface area contributed by atoms with E-state index < -0.39 is 10.0 Å². The molecule has 0 radical (unpaired) electrons. The predicted octanol–water partition coefficient (Wildman–Crippen LogP) is 0.368. The van der Waals surface area contributed by atoms with Crippen LogP contribution >= 0.6 is 0 Å². The van der Waals surface area contributed by atoms with Crippen LogP contribution in [0.3, 0.4) is 0 Å². The van der Waals surface area contributed by atoms with Gasteiger partial charge in [0.05, 0.1) is 16.9 Å². The minimum absolute atomic E-state index is 0.120. The summed E-state index contributed by atoms with van der Waals surface area (Å²) in [6.07, 6.45) is 0.826. The Labute approximate surface area is 129 Å². The number of carbonyl (C=O) groups is 2. The van der Waals surface area contributed by atoms with Gasteiger partial charge in [-0.3, -0.25) is 14.5 Å². The highest BCUT2D eigenvalue weighted by Crippen LogP contribution is 2.22. The van der Waals surface area contributed by atoms with Gasteiger partial charge in [-0.15, -0.1) is 0 Å². The molecule has 0 saturated heterocycles. The monoisotopic (exact) mass is 326 g/mol. The minimum atomic E-state index is -3.45. The number of nitrogens with two attached hydrogens (primary N) is 1. The zero-order valence-electron chi connectivity index (χ0n) is 12.0. The van der Waals surface area contributed by atoms with Gasteiger partial charge in [0.25, 0.3) is 11.8 Å². The van der Waals surface area contributed by atoms with Crippen molar-refractivity contribution < 1.29 is 22.7 Å². The lowest BCUT2D eigenvalue weighted by atomic mass is 10.1. The summed E-state index contributed by atoms with van der Waals surface area (Å²) in [7, 11) is -3.45. The summed E-state index contributed by atoms with van der Waals surface area (Å²) in [5.74, 6) is -0.685. The van der Waals surface area contributed by atoms with Crippen molar-refractivity contribution in [1.82, 2.24) is 4.90 Å². The molecule has 0 atom stereocenters. The Kier molecular flexibility index (Phi) is 5.28. The third kappa shape index (κ3) is 4.12. The highest BCUT2D eigenvalue weighted by atomic mass is 32.2. The van der Waals surface area contributed by atoms with Crippen molar-refractivity contribution in [3.05, 3.63) is 35.4 Å². The van der Waals surface area contributed by atoms with E-state index in [4.69, 9.17) is 9.88 Å². The zero-order chi connectivity index (χ0) is 16.2. The van der Waals surface area contributed by atoms with Gasteiger partial charge in [-0.05, 0) is 25.0 Å². The molecule has 8 heteroatoms. The summed E-state index contributed by atoms with van der Waals surface area (Å²) in [6, 6.07) is 6.73. The van der Waals surface area contributed by atoms with E-state index in [2.05, 4.69) is 0 Å². The second kappa shape index (κ2) is 6.99. The number of primary sulfonamides is 1. The molecular weight excluding hydrogens is 308 g/mol. The van der Waals surface area contributed by atoms with Crippen LogP contribution in [0.5, 0.6) is 0 Å². The molecule has 0 aromatic heterocycles. The smallest absolute Gasteiger partial charge is 0.261 e. The van der Waals surface area contributed by atoms with Gasteiger partial charge in [0.1, 0.15) is 0 Å². The van der Waals surface area contributed by atoms with E-state index in [9.17, 15) is 18.0 Å². The maximum Gasteiger partial charge on any atom is 0.261 e. The first-order chi connectivity index (χ1) is 10.4. The number of carbonyl (C=O) groups excluding carboxylic acids is 2. The lowest BCUT2D eigenvalue weighted by Gasteiger charge is -2.13. The third-order valence-electron chi connectivity index (χ3n) is 3.27. The van der Waals surface area contributed by atoms with Gasteiger partial charge in [0.15, 0.2) is 0 Å². The van der Waals surface area contributed by atoms with Crippen LogP contribution in [0.1, 0.15) is 33.6 Å². The second-order valence-electron chi connectivity index (χ2n) is 4.99. The lowest BCUT2D eigenvalue weighted by molar-refractivity contribution is 0.0626. The number of nitrogens with zero attached hydrogens (tertiary/aromatic N) is 1. The number of sulfonamides is 1. The van der Waals surface area contributed by atoms with Gasteiger partial charge in [-0.1, -0.05) is 12.1 Å². The Balaban J connectivity index is 1.71. The normalized spacial score (nSPS) is 14.5. The molecule has 1 aliphatic heterocycles. The molecule has 0 saturated carbocycles. The fraction of sp³-hybridized carbons (Fsp3) is 0.429. The van der Waals surface area contributed by atoms with Crippen molar-refractivity contribution in [3.8, 4) is 0 Å². The summed E-state index contributed by atoms with van der Waals surface area (Å²) in [6.45, 7) is 0.901. The number of amides is 2. The van der Waals surface area contributed by atoms with Crippen LogP contribution < -0.4 is 5.14 Å². The first-order valence-electron chi connectivity index (χ1n) is 6.93. The molecule has 7 nitrogen and oxygen atoms in total. The van der Waals surface area contributed by atoms with E-state index >= 15 is 0 Å². The Morgan fingerprint density at radius 1 is 1.00 bits per heavy atom. The fourth-order valence-electron chi connectivity index (χ4n) is 2.23. The van der Waals surface area contributed by atoms with Gasteiger partial charge < -0.3 is 4.74 Å². The molecule has 2 rings (SSSR count). The van der Waals surface area contributed by atoms with Crippen molar-refractivity contribution in [2.45, 2.75) is 12.8 Å². The number of rotatable bonds is 8. The highest BCUT2D eigenvalue weighted by molar-refractivity contribution is 7.89. The van der Waals surface area contributed by atoms with E-state index in [1.807, 2.05) is 0 Å². The summed E-state index contributed by atoms with van der Waals surface area (Å²) >= 11 is 0. The largest absolute Gasteiger partial charge is 0.381 e. The number of hydrogen-bond acceptors (Lipinski definition) is 5. The fourth-order valence-corrected chi connectivity index (χ4v) is 2.75. The molecule has 0 spiro atoms. The van der Waals surface area contributed by atoms with Gasteiger partial charge in [0.2, 0.25) is 10.0 Å². The molecule has 0 fully saturated rings. The van der Waals surface area contributed by atoms with Crippen LogP contribution in [0.15, 0.2) is 24.3 Å². The van der Waals surface area contributed by atoms with Crippen LogP contribution in [0.4, 0.5) is 0 Å². The molecule has 0 bridgehead atoms. The molecule has 120 valence electrons. The highest BCUT2D eigenvalue weighted by Gasteiger charge is 2.34. The van der Waals surface area contributed by atoms with Crippen molar-refractivity contribution in [1.29, 1.82) is 0 Å². The maximum absolute atomic E-state index is 12.1. The average molecular weight is 326 g/mol. The van der Waals surface area contributed by atoms with Gasteiger partial charge in [-0.25, -0.2) is 13.6 Å². The Morgan fingerprint density at radius 3 is 2.09 bits per heavy atom. The second-order valence-corrected chi connectivity index (χ2v) is 6.73. The number of hydrogen-bond donors (Lipinski definition) is 1. The van der Waals surface area contributed by atoms with Crippen LogP contribution in [0.25, 0.3) is 0 Å². The summed E-state index contributed by atoms with van der Waals surface area (Å²) < 4.78 is 26.7. The van der Waals surface area contributed by atoms with Gasteiger partial charge >= 0.3 is 0 Å². The zero-order valence-corrected chi connectivity index (χ0v) is 12.8. The van der Waals surface area contributed by atoms with Crippen LogP contribution in [0, 0.1) is 0 Å². The number of benzene rings is 1. The molecule has 0 unspecified atom stereocenters. The molecule has 2 amide bonds. The first kappa shape index (κ1) is 16.6. The number of fused-ring (bicyclic) bond motifs is 1. The van der Waals surface area contributed by atoms with Crippen molar-refractivity contribution in [2.75, 3.05) is 25.5 Å². The predicted molar refractivity (Wildman–Crippen MR) is 79.8 cm³/mol. The van der Waals surface area contributed by atoms with Crippen LogP contribution in [-0.4, -0.2) is 50.6 Å². The molecule has 1 aromatic carbocycles. The van der Waals surface area contributed by atoms with Crippen LogP contribution in [-0.2, 0) is 14.8 Å². The maximum atomic E-state index is 12.1. The molecule has 2 N–H and O–H groups in total. The van der Waals surface area contributed by atoms with Crippen LogP contribution in [0.2, 0.25) is 0 Å². The van der Waals surface area contributed by atoms with E-state index in [1.54, 1.807) is 24.3 Å². The molecule has 22 heavy (non-hydrogen) atoms. The summed E-state index contributed by atoms with van der Waals surface area (Å²) in [5, 5.41) is 4.87. The van der Waals surface area contributed by atoms with E-state index in [0.717, 1.165) is 0 Å². The summed E-state index contributed by atoms with van der Waals surface area (Å²) in [4.78, 5) is 25.3. The minimum Gasteiger partial charge on any atom is -0.381 e. The summed E-state index contributed by atoms with van der Waals surface area (Å²) in [5.41, 5.74) is 0.864. The van der Waals surface area contributed by atoms with Crippen molar-refractivity contribution >= 4 is 21.8 Å². The number of imide groups is 1. The number of ether oxygens (including phenoxy) is 1. The first-order valence-corrected chi connectivity index (χ1v) is 8.65. The quantitative estimate of drug-likeness (QED) is 0.548. The lowest BCUT2D eigenvalue weighted by Crippen LogP contribution is -2.31. The molecule has 1 aliphatic rings. The van der Waals surface area contributed by atoms with Crippen molar-refractivity contribution in [3.63, 3.8) is 0 Å². The molecule has 1 aromatic rings. The Morgan fingerprint density at radius 2 is 1.55 bits per heavy atom. The van der Waals surface area contributed by atoms with Gasteiger partial charge in [0, 0.05) is 19.8 Å². The molecule has 0 aliphatic carbocycles. The Hall–Kier alpha value is -1.77. The van der Waals surface area contributed by atoms with E-state index in [0.29, 0.717) is 30.6 Å². The molecular formula is C14H18N2O5S.